The smallest absolute Gasteiger partial charge is 0.293 e. The number of rotatable bonds is 8. The molecule has 1 atom stereocenters. The number of nitro benzene ring substituents is 1. The maximum Gasteiger partial charge on any atom is 0.293 e. The zero-order valence-electron chi connectivity index (χ0n) is 16.3. The van der Waals surface area contributed by atoms with Gasteiger partial charge in [-0.05, 0) is 49.9 Å². The van der Waals surface area contributed by atoms with Crippen LogP contribution in [0.1, 0.15) is 41.6 Å². The summed E-state index contributed by atoms with van der Waals surface area (Å²) in [5.41, 5.74) is 2.03. The van der Waals surface area contributed by atoms with E-state index in [2.05, 4.69) is 27.7 Å². The molecule has 29 heavy (non-hydrogen) atoms. The fraction of sp³-hybridized carbons (Fsp3) is 0.409. The molecule has 1 saturated carbocycles. The predicted molar refractivity (Wildman–Crippen MR) is 112 cm³/mol. The first-order chi connectivity index (χ1) is 14.1. The average molecular weight is 394 g/mol. The Morgan fingerprint density at radius 1 is 1.14 bits per heavy atom. The molecule has 0 aromatic heterocycles. The van der Waals surface area contributed by atoms with E-state index in [1.54, 1.807) is 12.1 Å². The number of nitro groups is 1. The number of anilines is 1. The molecule has 1 aliphatic heterocycles. The number of nitrogens with zero attached hydrogens (tertiary/aromatic N) is 2. The van der Waals surface area contributed by atoms with Gasteiger partial charge in [-0.1, -0.05) is 30.3 Å². The Balaban J connectivity index is 1.37. The van der Waals surface area contributed by atoms with Crippen LogP contribution < -0.4 is 10.6 Å². The highest BCUT2D eigenvalue weighted by Gasteiger charge is 2.27. The fourth-order valence-corrected chi connectivity index (χ4v) is 3.86. The first-order valence-corrected chi connectivity index (χ1v) is 10.2. The second-order valence-corrected chi connectivity index (χ2v) is 7.87. The van der Waals surface area contributed by atoms with Crippen LogP contribution in [0.2, 0.25) is 0 Å². The third-order valence-electron chi connectivity index (χ3n) is 5.62. The number of amides is 1. The van der Waals surface area contributed by atoms with E-state index in [1.165, 1.54) is 11.6 Å². The van der Waals surface area contributed by atoms with E-state index in [9.17, 15) is 14.9 Å². The van der Waals surface area contributed by atoms with Crippen molar-refractivity contribution in [3.63, 3.8) is 0 Å². The second kappa shape index (κ2) is 8.61. The molecule has 2 aliphatic rings. The van der Waals surface area contributed by atoms with E-state index in [0.717, 1.165) is 38.8 Å². The van der Waals surface area contributed by atoms with E-state index >= 15 is 0 Å². The molecule has 1 heterocycles. The molecule has 0 radical (unpaired) electrons. The van der Waals surface area contributed by atoms with Gasteiger partial charge in [0.2, 0.25) is 0 Å². The maximum atomic E-state index is 12.6. The van der Waals surface area contributed by atoms with Crippen molar-refractivity contribution in [1.82, 2.24) is 10.2 Å². The van der Waals surface area contributed by atoms with E-state index in [-0.39, 0.29) is 17.6 Å². The largest absolute Gasteiger partial charge is 0.377 e. The maximum absolute atomic E-state index is 12.6. The normalized spacial score (nSPS) is 19.1. The van der Waals surface area contributed by atoms with Gasteiger partial charge >= 0.3 is 0 Å². The fourth-order valence-electron chi connectivity index (χ4n) is 3.86. The van der Waals surface area contributed by atoms with Gasteiger partial charge < -0.3 is 10.6 Å². The van der Waals surface area contributed by atoms with Gasteiger partial charge in [-0.25, -0.2) is 0 Å². The number of benzene rings is 2. The van der Waals surface area contributed by atoms with E-state index in [1.807, 2.05) is 18.2 Å². The van der Waals surface area contributed by atoms with Gasteiger partial charge in [0.1, 0.15) is 5.69 Å². The Labute approximate surface area is 170 Å². The van der Waals surface area contributed by atoms with Crippen molar-refractivity contribution in [1.29, 1.82) is 0 Å². The Morgan fingerprint density at radius 3 is 2.66 bits per heavy atom. The summed E-state index contributed by atoms with van der Waals surface area (Å²) in [5.74, 6) is -0.266. The molecule has 2 aromatic carbocycles. The Kier molecular flexibility index (Phi) is 5.76. The van der Waals surface area contributed by atoms with Crippen LogP contribution in [0.3, 0.4) is 0 Å². The predicted octanol–water partition coefficient (Wildman–Crippen LogP) is 3.56. The second-order valence-electron chi connectivity index (χ2n) is 7.87. The third-order valence-corrected chi connectivity index (χ3v) is 5.62. The van der Waals surface area contributed by atoms with Crippen LogP contribution in [-0.4, -0.2) is 40.9 Å². The van der Waals surface area contributed by atoms with Crippen molar-refractivity contribution in [3.8, 4) is 0 Å². The molecule has 4 rings (SSSR count). The lowest BCUT2D eigenvalue weighted by Gasteiger charge is -2.24. The summed E-state index contributed by atoms with van der Waals surface area (Å²) in [6.07, 6.45) is 4.21. The van der Waals surface area contributed by atoms with Crippen LogP contribution in [0.5, 0.6) is 0 Å². The van der Waals surface area contributed by atoms with Gasteiger partial charge in [0.05, 0.1) is 4.92 Å². The van der Waals surface area contributed by atoms with Crippen molar-refractivity contribution in [2.75, 3.05) is 18.4 Å². The van der Waals surface area contributed by atoms with Gasteiger partial charge in [-0.3, -0.25) is 19.8 Å². The molecule has 0 bridgehead atoms. The highest BCUT2D eigenvalue weighted by molar-refractivity contribution is 5.95. The van der Waals surface area contributed by atoms with Gasteiger partial charge in [-0.15, -0.1) is 0 Å². The number of likely N-dealkylation sites (tertiary alicyclic amines) is 1. The Hall–Kier alpha value is -2.93. The quantitative estimate of drug-likeness (QED) is 0.528. The minimum absolute atomic E-state index is 0.0453. The molecule has 2 N–H and O–H groups in total. The highest BCUT2D eigenvalue weighted by Crippen LogP contribution is 2.31. The van der Waals surface area contributed by atoms with Crippen molar-refractivity contribution < 1.29 is 9.72 Å². The molecular weight excluding hydrogens is 368 g/mol. The molecule has 1 aliphatic carbocycles. The standard InChI is InChI=1S/C22H26N4O3/c27-22(17-8-11-20(24-18-9-10-18)21(13-17)26(28)29)23-14-19-7-4-12-25(19)15-16-5-2-1-3-6-16/h1-3,5-6,8,11,13,18-19,24H,4,7,9-10,12,14-15H2,(H,23,27). The van der Waals surface area contributed by atoms with Gasteiger partial charge in [0.25, 0.3) is 11.6 Å². The summed E-state index contributed by atoms with van der Waals surface area (Å²) in [7, 11) is 0. The minimum atomic E-state index is -0.430. The summed E-state index contributed by atoms with van der Waals surface area (Å²) in [4.78, 5) is 26.0. The molecule has 152 valence electrons. The Morgan fingerprint density at radius 2 is 1.93 bits per heavy atom. The van der Waals surface area contributed by atoms with Gasteiger partial charge in [-0.2, -0.15) is 0 Å². The molecule has 2 aromatic rings. The molecular formula is C22H26N4O3. The van der Waals surface area contributed by atoms with Crippen LogP contribution in [0, 0.1) is 10.1 Å². The SMILES string of the molecule is O=C(NCC1CCCN1Cc1ccccc1)c1ccc(NC2CC2)c([N+](=O)[O-])c1. The van der Waals surface area contributed by atoms with Crippen LogP contribution in [0.4, 0.5) is 11.4 Å². The molecule has 7 heteroatoms. The van der Waals surface area contributed by atoms with E-state index in [0.29, 0.717) is 23.8 Å². The summed E-state index contributed by atoms with van der Waals surface area (Å²) >= 11 is 0. The monoisotopic (exact) mass is 394 g/mol. The molecule has 1 amide bonds. The van der Waals surface area contributed by atoms with Crippen LogP contribution in [0.15, 0.2) is 48.5 Å². The minimum Gasteiger partial charge on any atom is -0.377 e. The van der Waals surface area contributed by atoms with Crippen LogP contribution in [0.25, 0.3) is 0 Å². The number of hydrogen-bond donors (Lipinski definition) is 2. The van der Waals surface area contributed by atoms with Crippen molar-refractivity contribution >= 4 is 17.3 Å². The molecule has 7 nitrogen and oxygen atoms in total. The number of carbonyl (C=O) groups excluding carboxylic acids is 1. The molecule has 0 spiro atoms. The topological polar surface area (TPSA) is 87.5 Å². The zero-order chi connectivity index (χ0) is 20.2. The van der Waals surface area contributed by atoms with Gasteiger partial charge in [0.15, 0.2) is 0 Å². The lowest BCUT2D eigenvalue weighted by Crippen LogP contribution is -2.39. The molecule has 2 fully saturated rings. The first-order valence-electron chi connectivity index (χ1n) is 10.2. The van der Waals surface area contributed by atoms with Crippen molar-refractivity contribution in [2.24, 2.45) is 0 Å². The number of hydrogen-bond acceptors (Lipinski definition) is 5. The number of carbonyl (C=O) groups is 1. The lowest BCUT2D eigenvalue weighted by molar-refractivity contribution is -0.384. The van der Waals surface area contributed by atoms with Crippen LogP contribution >= 0.6 is 0 Å². The molecule has 1 saturated heterocycles. The molecule has 1 unspecified atom stereocenters. The highest BCUT2D eigenvalue weighted by atomic mass is 16.6. The summed E-state index contributed by atoms with van der Waals surface area (Å²) in [5, 5.41) is 17.5. The van der Waals surface area contributed by atoms with Gasteiger partial charge in [0, 0.05) is 36.8 Å². The Bertz CT molecular complexity index is 883. The van der Waals surface area contributed by atoms with Crippen molar-refractivity contribution in [2.45, 2.75) is 44.3 Å². The third kappa shape index (κ3) is 4.92. The number of nitrogens with one attached hydrogen (secondary N) is 2. The summed E-state index contributed by atoms with van der Waals surface area (Å²) < 4.78 is 0. The van der Waals surface area contributed by atoms with E-state index in [4.69, 9.17) is 0 Å². The summed E-state index contributed by atoms with van der Waals surface area (Å²) in [6, 6.07) is 15.6. The zero-order valence-corrected chi connectivity index (χ0v) is 16.3. The van der Waals surface area contributed by atoms with E-state index < -0.39 is 4.92 Å². The van der Waals surface area contributed by atoms with Crippen molar-refractivity contribution in [3.05, 3.63) is 69.8 Å². The summed E-state index contributed by atoms with van der Waals surface area (Å²) in [6.45, 7) is 2.43. The first kappa shape index (κ1) is 19.4. The average Bonchev–Trinajstić information content (AvgIpc) is 3.44. The lowest BCUT2D eigenvalue weighted by atomic mass is 10.1. The van der Waals surface area contributed by atoms with Crippen LogP contribution in [-0.2, 0) is 6.54 Å².